The van der Waals surface area contributed by atoms with E-state index in [0.717, 1.165) is 35.8 Å². The molecule has 0 amide bonds. The fraction of sp³-hybridized carbons (Fsp3) is 0.412. The van der Waals surface area contributed by atoms with Crippen LogP contribution in [0, 0.1) is 0 Å². The molecule has 3 aromatic carbocycles. The van der Waals surface area contributed by atoms with Gasteiger partial charge in [-0.05, 0) is 54.1 Å². The molecule has 1 fully saturated rings. The van der Waals surface area contributed by atoms with Crippen LogP contribution in [0.3, 0.4) is 0 Å². The number of azide groups is 1. The maximum absolute atomic E-state index is 13.5. The zero-order chi connectivity index (χ0) is 32.2. The first-order valence-corrected chi connectivity index (χ1v) is 17.0. The molecule has 0 spiro atoms. The Bertz CT molecular complexity index is 1680. The summed E-state index contributed by atoms with van der Waals surface area (Å²) in [4.78, 5) is 2.98. The first kappa shape index (κ1) is 33.6. The SMILES string of the molecule is [N-]=[N+]=NCCCCCOC[C@H]1O[C@@H](OCCc2cn(S(=O)(=O)c3ccccc3)c3ccccc23)[C@H](O)C[C@@H]1OCc1ccccc1. The minimum atomic E-state index is -3.79. The van der Waals surface area contributed by atoms with Crippen molar-refractivity contribution in [3.05, 3.63) is 113 Å². The van der Waals surface area contributed by atoms with Crippen LogP contribution in [-0.2, 0) is 42.0 Å². The fourth-order valence-corrected chi connectivity index (χ4v) is 6.93. The van der Waals surface area contributed by atoms with Gasteiger partial charge in [-0.2, -0.15) is 0 Å². The molecule has 4 aromatic rings. The normalized spacial score (nSPS) is 20.0. The summed E-state index contributed by atoms with van der Waals surface area (Å²) in [6, 6.07) is 25.5. The summed E-state index contributed by atoms with van der Waals surface area (Å²) < 4.78 is 52.7. The number of hydrogen-bond acceptors (Lipinski definition) is 8. The van der Waals surface area contributed by atoms with Gasteiger partial charge in [0.2, 0.25) is 0 Å². The van der Waals surface area contributed by atoms with Crippen molar-refractivity contribution in [3.8, 4) is 0 Å². The summed E-state index contributed by atoms with van der Waals surface area (Å²) >= 11 is 0. The lowest BCUT2D eigenvalue weighted by Crippen LogP contribution is -2.51. The van der Waals surface area contributed by atoms with Gasteiger partial charge in [0.15, 0.2) is 6.29 Å². The van der Waals surface area contributed by atoms with Gasteiger partial charge in [-0.1, -0.05) is 78.3 Å². The monoisotopic (exact) mass is 648 g/mol. The van der Waals surface area contributed by atoms with E-state index < -0.39 is 34.6 Å². The first-order valence-electron chi connectivity index (χ1n) is 15.6. The molecule has 4 atom stereocenters. The van der Waals surface area contributed by atoms with Crippen LogP contribution in [0.25, 0.3) is 21.3 Å². The van der Waals surface area contributed by atoms with Crippen molar-refractivity contribution in [1.29, 1.82) is 0 Å². The van der Waals surface area contributed by atoms with Crippen molar-refractivity contribution in [3.63, 3.8) is 0 Å². The topological polar surface area (TPSA) is 145 Å². The highest BCUT2D eigenvalue weighted by Gasteiger charge is 2.38. The number of ether oxygens (including phenoxy) is 4. The van der Waals surface area contributed by atoms with Crippen molar-refractivity contribution in [1.82, 2.24) is 3.97 Å². The molecule has 0 saturated carbocycles. The van der Waals surface area contributed by atoms with E-state index in [9.17, 15) is 13.5 Å². The molecular weight excluding hydrogens is 608 g/mol. The van der Waals surface area contributed by atoms with Crippen LogP contribution in [0.2, 0.25) is 0 Å². The molecule has 12 heteroatoms. The van der Waals surface area contributed by atoms with E-state index in [-0.39, 0.29) is 18.1 Å². The lowest BCUT2D eigenvalue weighted by molar-refractivity contribution is -0.279. The molecule has 1 aromatic heterocycles. The van der Waals surface area contributed by atoms with Crippen molar-refractivity contribution in [2.24, 2.45) is 5.11 Å². The first-order chi connectivity index (χ1) is 22.5. The second-order valence-electron chi connectivity index (χ2n) is 11.2. The molecule has 0 radical (unpaired) electrons. The maximum Gasteiger partial charge on any atom is 0.268 e. The molecule has 46 heavy (non-hydrogen) atoms. The summed E-state index contributed by atoms with van der Waals surface area (Å²) in [7, 11) is -3.79. The Balaban J connectivity index is 1.21. The highest BCUT2D eigenvalue weighted by atomic mass is 32.2. The summed E-state index contributed by atoms with van der Waals surface area (Å²) in [6.45, 7) is 1.84. The van der Waals surface area contributed by atoms with Crippen molar-refractivity contribution in [2.75, 3.05) is 26.4 Å². The Hall–Kier alpha value is -3.74. The molecule has 11 nitrogen and oxygen atoms in total. The molecular formula is C34H40N4O7S. The number of nitrogens with zero attached hydrogens (tertiary/aromatic N) is 4. The van der Waals surface area contributed by atoms with E-state index in [4.69, 9.17) is 24.5 Å². The predicted molar refractivity (Wildman–Crippen MR) is 174 cm³/mol. The van der Waals surface area contributed by atoms with Gasteiger partial charge in [0.1, 0.15) is 12.2 Å². The average Bonchev–Trinajstić information content (AvgIpc) is 3.46. The van der Waals surface area contributed by atoms with Crippen LogP contribution in [0.1, 0.15) is 36.8 Å². The maximum atomic E-state index is 13.5. The smallest absolute Gasteiger partial charge is 0.268 e. The number of aliphatic hydroxyl groups is 1. The molecule has 1 aliphatic rings. The summed E-state index contributed by atoms with van der Waals surface area (Å²) in [5.74, 6) is 0. The third kappa shape index (κ3) is 8.74. The van der Waals surface area contributed by atoms with Gasteiger partial charge in [0, 0.05) is 36.1 Å². The molecule has 0 bridgehead atoms. The third-order valence-corrected chi connectivity index (χ3v) is 9.61. The molecule has 1 N–H and O–H groups in total. The number of aromatic nitrogens is 1. The Morgan fingerprint density at radius 2 is 1.67 bits per heavy atom. The van der Waals surface area contributed by atoms with Crippen LogP contribution in [0.4, 0.5) is 0 Å². The number of rotatable bonds is 17. The van der Waals surface area contributed by atoms with E-state index in [0.29, 0.717) is 38.1 Å². The lowest BCUT2D eigenvalue weighted by atomic mass is 10.0. The summed E-state index contributed by atoms with van der Waals surface area (Å²) in [6.07, 6.45) is 2.19. The van der Waals surface area contributed by atoms with Gasteiger partial charge in [-0.15, -0.1) is 0 Å². The molecule has 1 aliphatic heterocycles. The minimum absolute atomic E-state index is 0.204. The number of fused-ring (bicyclic) bond motifs is 1. The van der Waals surface area contributed by atoms with Gasteiger partial charge in [0.25, 0.3) is 10.0 Å². The van der Waals surface area contributed by atoms with Crippen molar-refractivity contribution >= 4 is 20.9 Å². The number of benzene rings is 3. The predicted octanol–water partition coefficient (Wildman–Crippen LogP) is 6.00. The van der Waals surface area contributed by atoms with Gasteiger partial charge in [-0.25, -0.2) is 12.4 Å². The molecule has 0 aliphatic carbocycles. The van der Waals surface area contributed by atoms with Gasteiger partial charge in [0.05, 0.1) is 36.3 Å². The molecule has 244 valence electrons. The molecule has 0 unspecified atom stereocenters. The van der Waals surface area contributed by atoms with Crippen molar-refractivity contribution < 1.29 is 32.5 Å². The number of aliphatic hydroxyl groups excluding tert-OH is 1. The van der Waals surface area contributed by atoms with Crippen LogP contribution in [0.15, 0.2) is 101 Å². The summed E-state index contributed by atoms with van der Waals surface area (Å²) in [5.41, 5.74) is 10.8. The van der Waals surface area contributed by atoms with Crippen LogP contribution < -0.4 is 0 Å². The zero-order valence-electron chi connectivity index (χ0n) is 25.6. The minimum Gasteiger partial charge on any atom is -0.388 e. The van der Waals surface area contributed by atoms with Crippen LogP contribution >= 0.6 is 0 Å². The largest absolute Gasteiger partial charge is 0.388 e. The Kier molecular flexibility index (Phi) is 12.2. The van der Waals surface area contributed by atoms with Crippen LogP contribution in [-0.4, -0.2) is 68.5 Å². The standard InChI is InChI=1S/C34H40N4O7S/c35-37-36-19-10-3-11-20-42-25-33-32(44-24-26-12-4-1-5-13-26)22-31(39)34(45-33)43-21-18-27-23-38(30-17-9-8-16-29(27)30)46(40,41)28-14-6-2-7-15-28/h1-2,4-9,12-17,23,31-34,39H,3,10-11,18-22,24-25H2/t31-,32+,33-,34-/m1/s1. The van der Waals surface area contributed by atoms with E-state index in [2.05, 4.69) is 10.0 Å². The fourth-order valence-electron chi connectivity index (χ4n) is 5.52. The number of unbranched alkanes of at least 4 members (excludes halogenated alkanes) is 2. The number of hydrogen-bond donors (Lipinski definition) is 1. The Labute approximate surface area is 269 Å². The lowest BCUT2D eigenvalue weighted by Gasteiger charge is -2.39. The third-order valence-electron chi connectivity index (χ3n) is 7.92. The Morgan fingerprint density at radius 3 is 2.46 bits per heavy atom. The van der Waals surface area contributed by atoms with E-state index in [1.165, 1.54) is 3.97 Å². The van der Waals surface area contributed by atoms with Gasteiger partial charge < -0.3 is 24.1 Å². The van der Waals surface area contributed by atoms with E-state index in [1.54, 1.807) is 42.6 Å². The highest BCUT2D eigenvalue weighted by Crippen LogP contribution is 2.28. The second-order valence-corrected chi connectivity index (χ2v) is 13.0. The molecule has 2 heterocycles. The summed E-state index contributed by atoms with van der Waals surface area (Å²) in [5, 5.41) is 15.4. The van der Waals surface area contributed by atoms with Gasteiger partial charge in [-0.3, -0.25) is 0 Å². The van der Waals surface area contributed by atoms with E-state index >= 15 is 0 Å². The number of para-hydroxylation sites is 1. The molecule has 1 saturated heterocycles. The van der Waals surface area contributed by atoms with Gasteiger partial charge >= 0.3 is 0 Å². The average molecular weight is 649 g/mol. The van der Waals surface area contributed by atoms with E-state index in [1.807, 2.05) is 48.5 Å². The Morgan fingerprint density at radius 1 is 0.935 bits per heavy atom. The second kappa shape index (κ2) is 16.7. The highest BCUT2D eigenvalue weighted by molar-refractivity contribution is 7.90. The quantitative estimate of drug-likeness (QED) is 0.0640. The zero-order valence-corrected chi connectivity index (χ0v) is 26.5. The van der Waals surface area contributed by atoms with Crippen LogP contribution in [0.5, 0.6) is 0 Å². The molecule has 5 rings (SSSR count). The van der Waals surface area contributed by atoms with Crippen molar-refractivity contribution in [2.45, 2.75) is 68.2 Å².